The highest BCUT2D eigenvalue weighted by molar-refractivity contribution is 5.72. The molecule has 5 nitrogen and oxygen atoms in total. The fourth-order valence-electron chi connectivity index (χ4n) is 1.30. The normalized spacial score (nSPS) is 9.60. The summed E-state index contributed by atoms with van der Waals surface area (Å²) in [5.74, 6) is 2.10. The van der Waals surface area contributed by atoms with Gasteiger partial charge in [0.15, 0.2) is 0 Å². The van der Waals surface area contributed by atoms with Gasteiger partial charge in [-0.3, -0.25) is 4.79 Å². The van der Waals surface area contributed by atoms with Gasteiger partial charge in [-0.15, -0.1) is 6.42 Å². The van der Waals surface area contributed by atoms with Crippen molar-refractivity contribution >= 4 is 11.9 Å². The van der Waals surface area contributed by atoms with E-state index in [-0.39, 0.29) is 13.1 Å². The second kappa shape index (κ2) is 5.05. The summed E-state index contributed by atoms with van der Waals surface area (Å²) in [6.07, 6.45) is 8.60. The number of hydrogen-bond acceptors (Lipinski definition) is 3. The molecule has 1 aromatic heterocycles. The van der Waals surface area contributed by atoms with Crippen LogP contribution in [-0.2, 0) is 11.3 Å². The molecule has 0 bridgehead atoms. The van der Waals surface area contributed by atoms with Gasteiger partial charge >= 0.3 is 5.97 Å². The van der Waals surface area contributed by atoms with Crippen molar-refractivity contribution in [3.05, 3.63) is 12.4 Å². The summed E-state index contributed by atoms with van der Waals surface area (Å²) in [5.41, 5.74) is 0. The molecule has 0 aliphatic carbocycles. The van der Waals surface area contributed by atoms with Crippen LogP contribution in [0.1, 0.15) is 6.92 Å². The summed E-state index contributed by atoms with van der Waals surface area (Å²) in [4.78, 5) is 16.3. The number of carboxylic acids is 1. The van der Waals surface area contributed by atoms with Crippen molar-refractivity contribution in [2.75, 3.05) is 18.0 Å². The highest BCUT2D eigenvalue weighted by atomic mass is 16.4. The third kappa shape index (κ3) is 2.74. The molecule has 15 heavy (non-hydrogen) atoms. The lowest BCUT2D eigenvalue weighted by Crippen LogP contribution is -2.32. The molecule has 0 aliphatic heterocycles. The molecular formula is C10H13N3O2. The Labute approximate surface area is 88.3 Å². The fraction of sp³-hybridized carbons (Fsp3) is 0.400. The van der Waals surface area contributed by atoms with Crippen LogP contribution in [0.25, 0.3) is 0 Å². The van der Waals surface area contributed by atoms with E-state index < -0.39 is 5.97 Å². The van der Waals surface area contributed by atoms with E-state index in [9.17, 15) is 4.79 Å². The van der Waals surface area contributed by atoms with Crippen LogP contribution in [0, 0.1) is 12.3 Å². The zero-order chi connectivity index (χ0) is 11.3. The van der Waals surface area contributed by atoms with Crippen molar-refractivity contribution in [3.63, 3.8) is 0 Å². The van der Waals surface area contributed by atoms with E-state index in [2.05, 4.69) is 10.9 Å². The number of imidazole rings is 1. The number of aryl methyl sites for hydroxylation is 1. The molecule has 5 heteroatoms. The Morgan fingerprint density at radius 2 is 2.53 bits per heavy atom. The second-order valence-electron chi connectivity index (χ2n) is 2.97. The quantitative estimate of drug-likeness (QED) is 0.711. The minimum Gasteiger partial charge on any atom is -0.480 e. The van der Waals surface area contributed by atoms with E-state index >= 15 is 0 Å². The summed E-state index contributed by atoms with van der Waals surface area (Å²) in [6, 6.07) is 0. The van der Waals surface area contributed by atoms with Crippen LogP contribution in [0.3, 0.4) is 0 Å². The minimum absolute atomic E-state index is 0.138. The van der Waals surface area contributed by atoms with Crippen LogP contribution in [0.4, 0.5) is 5.95 Å². The van der Waals surface area contributed by atoms with Crippen LogP contribution in [-0.4, -0.2) is 33.7 Å². The zero-order valence-corrected chi connectivity index (χ0v) is 8.55. The molecule has 1 N–H and O–H groups in total. The molecule has 0 saturated heterocycles. The molecule has 0 fully saturated rings. The zero-order valence-electron chi connectivity index (χ0n) is 8.55. The highest BCUT2D eigenvalue weighted by Gasteiger charge is 2.13. The lowest BCUT2D eigenvalue weighted by atomic mass is 10.5. The lowest BCUT2D eigenvalue weighted by molar-refractivity contribution is -0.135. The van der Waals surface area contributed by atoms with Crippen molar-refractivity contribution in [1.29, 1.82) is 0 Å². The largest absolute Gasteiger partial charge is 0.480 e. The van der Waals surface area contributed by atoms with Gasteiger partial charge in [-0.25, -0.2) is 4.98 Å². The molecule has 0 atom stereocenters. The summed E-state index contributed by atoms with van der Waals surface area (Å²) < 4.78 is 1.85. The predicted octanol–water partition coefficient (Wildman–Crippen LogP) is 0.427. The Bertz CT molecular complexity index is 378. The van der Waals surface area contributed by atoms with Gasteiger partial charge in [0, 0.05) is 18.9 Å². The minimum atomic E-state index is -0.920. The van der Waals surface area contributed by atoms with E-state index in [1.165, 1.54) is 0 Å². The number of rotatable bonds is 5. The molecule has 0 aromatic carbocycles. The third-order valence-electron chi connectivity index (χ3n) is 1.93. The molecule has 0 radical (unpaired) electrons. The van der Waals surface area contributed by atoms with Crippen molar-refractivity contribution in [2.24, 2.45) is 0 Å². The number of aliphatic carboxylic acids is 1. The Morgan fingerprint density at radius 1 is 1.80 bits per heavy atom. The Kier molecular flexibility index (Phi) is 3.75. The molecule has 80 valence electrons. The molecule has 1 rings (SSSR count). The topological polar surface area (TPSA) is 58.4 Å². The van der Waals surface area contributed by atoms with Gasteiger partial charge in [0.1, 0.15) is 6.54 Å². The number of anilines is 1. The molecule has 0 unspecified atom stereocenters. The van der Waals surface area contributed by atoms with Crippen molar-refractivity contribution < 1.29 is 9.90 Å². The van der Waals surface area contributed by atoms with Gasteiger partial charge in [-0.1, -0.05) is 5.92 Å². The van der Waals surface area contributed by atoms with E-state index in [0.717, 1.165) is 6.54 Å². The monoisotopic (exact) mass is 207 g/mol. The summed E-state index contributed by atoms with van der Waals surface area (Å²) in [5, 5.41) is 8.73. The first-order valence-electron chi connectivity index (χ1n) is 4.60. The maximum Gasteiger partial charge on any atom is 0.323 e. The second-order valence-corrected chi connectivity index (χ2v) is 2.97. The number of aromatic nitrogens is 2. The third-order valence-corrected chi connectivity index (χ3v) is 1.93. The lowest BCUT2D eigenvalue weighted by Gasteiger charge is -2.19. The van der Waals surface area contributed by atoms with Gasteiger partial charge in [-0.2, -0.15) is 0 Å². The maximum atomic E-state index is 10.6. The van der Waals surface area contributed by atoms with Crippen LogP contribution in [0.5, 0.6) is 0 Å². The maximum absolute atomic E-state index is 10.6. The Balaban J connectivity index is 2.88. The molecule has 0 amide bonds. The van der Waals surface area contributed by atoms with Crippen molar-refractivity contribution in [2.45, 2.75) is 13.5 Å². The van der Waals surface area contributed by atoms with E-state index in [1.807, 2.05) is 11.5 Å². The average Bonchev–Trinajstić information content (AvgIpc) is 2.64. The Hall–Kier alpha value is -1.96. The molecular weight excluding hydrogens is 194 g/mol. The standard InChI is InChI=1S/C10H13N3O2/c1-3-6-13(8-9(14)15)10-11-5-7-12(10)4-2/h1,5,7H,4,6,8H2,2H3,(H,14,15). The summed E-state index contributed by atoms with van der Waals surface area (Å²) in [7, 11) is 0. The van der Waals surface area contributed by atoms with Gasteiger partial charge < -0.3 is 14.6 Å². The summed E-state index contributed by atoms with van der Waals surface area (Å²) >= 11 is 0. The van der Waals surface area contributed by atoms with Crippen molar-refractivity contribution in [1.82, 2.24) is 9.55 Å². The summed E-state index contributed by atoms with van der Waals surface area (Å²) in [6.45, 7) is 2.79. The van der Waals surface area contributed by atoms with Gasteiger partial charge in [-0.05, 0) is 6.92 Å². The molecule has 0 saturated carbocycles. The highest BCUT2D eigenvalue weighted by Crippen LogP contribution is 2.10. The van der Waals surface area contributed by atoms with Crippen LogP contribution in [0.2, 0.25) is 0 Å². The van der Waals surface area contributed by atoms with E-state index in [0.29, 0.717) is 5.95 Å². The molecule has 1 heterocycles. The van der Waals surface area contributed by atoms with Gasteiger partial charge in [0.2, 0.25) is 5.95 Å². The first-order chi connectivity index (χ1) is 7.19. The predicted molar refractivity (Wildman–Crippen MR) is 56.6 cm³/mol. The first kappa shape index (κ1) is 11.1. The SMILES string of the molecule is C#CCN(CC(=O)O)c1nccn1CC. The van der Waals surface area contributed by atoms with Crippen molar-refractivity contribution in [3.8, 4) is 12.3 Å². The number of carboxylic acid groups (broad SMARTS) is 1. The van der Waals surface area contributed by atoms with Gasteiger partial charge in [0.05, 0.1) is 6.54 Å². The number of carbonyl (C=O) groups is 1. The smallest absolute Gasteiger partial charge is 0.323 e. The van der Waals surface area contributed by atoms with E-state index in [1.54, 1.807) is 17.3 Å². The van der Waals surface area contributed by atoms with Crippen LogP contribution in [0.15, 0.2) is 12.4 Å². The first-order valence-corrected chi connectivity index (χ1v) is 4.60. The Morgan fingerprint density at radius 3 is 3.07 bits per heavy atom. The van der Waals surface area contributed by atoms with Crippen LogP contribution < -0.4 is 4.90 Å². The molecule has 1 aromatic rings. The number of nitrogens with zero attached hydrogens (tertiary/aromatic N) is 3. The average molecular weight is 207 g/mol. The van der Waals surface area contributed by atoms with E-state index in [4.69, 9.17) is 11.5 Å². The number of hydrogen-bond donors (Lipinski definition) is 1. The fourth-order valence-corrected chi connectivity index (χ4v) is 1.30. The van der Waals surface area contributed by atoms with Gasteiger partial charge in [0.25, 0.3) is 0 Å². The molecule has 0 spiro atoms. The van der Waals surface area contributed by atoms with Crippen LogP contribution >= 0.6 is 0 Å². The number of terminal acetylenes is 1. The molecule has 0 aliphatic rings.